The molecule has 0 amide bonds. The highest BCUT2D eigenvalue weighted by atomic mass is 32.2. The molecule has 0 bridgehead atoms. The van der Waals surface area contributed by atoms with Gasteiger partial charge in [-0.15, -0.1) is 0 Å². The van der Waals surface area contributed by atoms with Crippen molar-refractivity contribution in [3.05, 3.63) is 0 Å². The van der Waals surface area contributed by atoms with Gasteiger partial charge in [0.1, 0.15) is 16.1 Å². The van der Waals surface area contributed by atoms with E-state index < -0.39 is 16.7 Å². The third kappa shape index (κ3) is 1.40. The lowest BCUT2D eigenvalue weighted by molar-refractivity contribution is -0.785. The van der Waals surface area contributed by atoms with E-state index in [1.807, 2.05) is 0 Å². The summed E-state index contributed by atoms with van der Waals surface area (Å²) >= 11 is 0. The van der Waals surface area contributed by atoms with Crippen molar-refractivity contribution >= 4 is 10.8 Å². The molecule has 1 aromatic heterocycles. The van der Waals surface area contributed by atoms with E-state index in [0.717, 1.165) is 0 Å². The Bertz CT molecular complexity index is 309. The van der Waals surface area contributed by atoms with Crippen LogP contribution in [-0.4, -0.2) is 29.8 Å². The van der Waals surface area contributed by atoms with E-state index in [1.54, 1.807) is 14.1 Å². The van der Waals surface area contributed by atoms with Crippen LogP contribution >= 0.6 is 0 Å². The van der Waals surface area contributed by atoms with Crippen LogP contribution in [0.15, 0.2) is 9.55 Å². The van der Waals surface area contributed by atoms with E-state index in [-0.39, 0.29) is 5.03 Å². The zero-order valence-corrected chi connectivity index (χ0v) is 7.79. The molecule has 1 rings (SSSR count). The van der Waals surface area contributed by atoms with Gasteiger partial charge in [0, 0.05) is 6.26 Å². The molecule has 0 N–H and O–H groups in total. The quantitative estimate of drug-likeness (QED) is 0.504. The Morgan fingerprint density at radius 1 is 1.67 bits per heavy atom. The van der Waals surface area contributed by atoms with Crippen molar-refractivity contribution in [3.63, 3.8) is 0 Å². The topological polar surface area (TPSA) is 73.3 Å². The predicted molar refractivity (Wildman–Crippen MR) is 38.5 cm³/mol. The van der Waals surface area contributed by atoms with E-state index in [0.29, 0.717) is 0 Å². The molecule has 0 radical (unpaired) electrons. The maximum atomic E-state index is 11.0. The largest absolute Gasteiger partial charge is 0.538 e. The molecule has 7 heteroatoms. The first-order chi connectivity index (χ1) is 5.54. The van der Waals surface area contributed by atoms with Crippen LogP contribution in [0.1, 0.15) is 0 Å². The predicted octanol–water partition coefficient (Wildman–Crippen LogP) is -2.03. The molecular weight excluding hydrogens is 182 g/mol. The molecule has 6 nitrogen and oxygen atoms in total. The van der Waals surface area contributed by atoms with Gasteiger partial charge in [0.15, 0.2) is 5.95 Å². The van der Waals surface area contributed by atoms with Crippen molar-refractivity contribution < 1.29 is 18.6 Å². The maximum Gasteiger partial charge on any atom is 0.353 e. The molecule has 12 heavy (non-hydrogen) atoms. The van der Waals surface area contributed by atoms with Crippen molar-refractivity contribution in [1.29, 1.82) is 0 Å². The van der Waals surface area contributed by atoms with Crippen LogP contribution in [0.5, 0.6) is 5.95 Å². The summed E-state index contributed by atoms with van der Waals surface area (Å²) in [5.41, 5.74) is 0. The van der Waals surface area contributed by atoms with Crippen LogP contribution in [0.4, 0.5) is 0 Å². The average Bonchev–Trinajstić information content (AvgIpc) is 2.30. The van der Waals surface area contributed by atoms with Gasteiger partial charge in [0.2, 0.25) is 0 Å². The standard InChI is InChI=1S/C5H9N3O3S/c1-7(2)8-4(12(3)10)5(9)11-6-8/h1-3H3. The van der Waals surface area contributed by atoms with E-state index in [4.69, 9.17) is 0 Å². The molecule has 0 aliphatic heterocycles. The summed E-state index contributed by atoms with van der Waals surface area (Å²) in [7, 11) is 1.94. The zero-order chi connectivity index (χ0) is 9.30. The van der Waals surface area contributed by atoms with Gasteiger partial charge in [-0.3, -0.25) is 0 Å². The monoisotopic (exact) mass is 191 g/mol. The second-order valence-electron chi connectivity index (χ2n) is 2.36. The van der Waals surface area contributed by atoms with Crippen molar-refractivity contribution in [2.24, 2.45) is 0 Å². The summed E-state index contributed by atoms with van der Waals surface area (Å²) in [5, 5.41) is 15.9. The minimum Gasteiger partial charge on any atom is -0.538 e. The highest BCUT2D eigenvalue weighted by molar-refractivity contribution is 7.84. The Morgan fingerprint density at radius 2 is 2.25 bits per heavy atom. The van der Waals surface area contributed by atoms with Crippen molar-refractivity contribution in [2.75, 3.05) is 25.4 Å². The first kappa shape index (κ1) is 8.98. The van der Waals surface area contributed by atoms with Crippen LogP contribution in [-0.2, 0) is 10.8 Å². The second kappa shape index (κ2) is 3.10. The molecule has 0 saturated heterocycles. The maximum absolute atomic E-state index is 11.0. The molecule has 0 aromatic carbocycles. The summed E-state index contributed by atoms with van der Waals surface area (Å²) in [5.74, 6) is -0.662. The molecule has 1 heterocycles. The van der Waals surface area contributed by atoms with Crippen LogP contribution in [0.25, 0.3) is 0 Å². The Kier molecular flexibility index (Phi) is 2.32. The van der Waals surface area contributed by atoms with E-state index in [1.165, 1.54) is 16.1 Å². The highest BCUT2D eigenvalue weighted by Gasteiger charge is 2.23. The van der Waals surface area contributed by atoms with Gasteiger partial charge >= 0.3 is 5.03 Å². The summed E-state index contributed by atoms with van der Waals surface area (Å²) < 4.78 is 15.4. The lowest BCUT2D eigenvalue weighted by Gasteiger charge is -1.99. The summed E-state index contributed by atoms with van der Waals surface area (Å²) in [6.45, 7) is 0. The number of nitrogens with zero attached hydrogens (tertiary/aromatic N) is 3. The fourth-order valence-electron chi connectivity index (χ4n) is 0.721. The molecule has 0 saturated carbocycles. The molecule has 0 aliphatic carbocycles. The van der Waals surface area contributed by atoms with Crippen LogP contribution in [0.2, 0.25) is 0 Å². The molecular formula is C5H9N3O3S. The Labute approximate surface area is 71.8 Å². The minimum atomic E-state index is -1.39. The van der Waals surface area contributed by atoms with E-state index in [2.05, 4.69) is 9.79 Å². The Balaban J connectivity index is 3.21. The second-order valence-corrected chi connectivity index (χ2v) is 3.65. The molecule has 1 aromatic rings. The van der Waals surface area contributed by atoms with E-state index in [9.17, 15) is 9.32 Å². The third-order valence-corrected chi connectivity index (χ3v) is 2.08. The smallest absolute Gasteiger partial charge is 0.353 e. The lowest BCUT2D eigenvalue weighted by atomic mass is 10.9. The van der Waals surface area contributed by atoms with E-state index >= 15 is 0 Å². The summed E-state index contributed by atoms with van der Waals surface area (Å²) in [4.78, 5) is 1.17. The zero-order valence-electron chi connectivity index (χ0n) is 6.97. The van der Waals surface area contributed by atoms with Gasteiger partial charge < -0.3 is 9.63 Å². The molecule has 0 spiro atoms. The fraction of sp³-hybridized carbons (Fsp3) is 0.600. The number of hydrogen-bond acceptors (Lipinski definition) is 5. The average molecular weight is 191 g/mol. The van der Waals surface area contributed by atoms with Crippen LogP contribution in [0.3, 0.4) is 0 Å². The fourth-order valence-corrected chi connectivity index (χ4v) is 1.42. The van der Waals surface area contributed by atoms with Gasteiger partial charge in [-0.2, -0.15) is 5.01 Å². The highest BCUT2D eigenvalue weighted by Crippen LogP contribution is 2.09. The number of rotatable bonds is 2. The van der Waals surface area contributed by atoms with Gasteiger partial charge in [0.25, 0.3) is 0 Å². The minimum absolute atomic E-state index is 0.0417. The number of hydrogen-bond donors (Lipinski definition) is 0. The van der Waals surface area contributed by atoms with Gasteiger partial charge in [-0.1, -0.05) is 0 Å². The molecule has 0 aliphatic rings. The SMILES string of the molecule is CN(C)[n+]1noc([O-])c1S(C)=O. The molecule has 1 atom stereocenters. The Morgan fingerprint density at radius 3 is 2.58 bits per heavy atom. The lowest BCUT2D eigenvalue weighted by Crippen LogP contribution is -2.56. The van der Waals surface area contributed by atoms with Crippen molar-refractivity contribution in [1.82, 2.24) is 5.27 Å². The summed E-state index contributed by atoms with van der Waals surface area (Å²) in [6, 6.07) is 0. The van der Waals surface area contributed by atoms with Crippen LogP contribution < -0.4 is 14.9 Å². The van der Waals surface area contributed by atoms with Crippen molar-refractivity contribution in [2.45, 2.75) is 5.03 Å². The summed E-state index contributed by atoms with van der Waals surface area (Å²) in [6.07, 6.45) is 1.40. The normalized spacial score (nSPS) is 12.9. The molecule has 68 valence electrons. The first-order valence-corrected chi connectivity index (χ1v) is 4.70. The van der Waals surface area contributed by atoms with Gasteiger partial charge in [0.05, 0.1) is 18.9 Å². The number of aromatic nitrogens is 2. The van der Waals surface area contributed by atoms with Gasteiger partial charge in [-0.05, 0) is 0 Å². The Hall–Kier alpha value is -1.11. The van der Waals surface area contributed by atoms with Crippen LogP contribution in [0, 0.1) is 0 Å². The van der Waals surface area contributed by atoms with Crippen molar-refractivity contribution in [3.8, 4) is 5.95 Å². The third-order valence-electron chi connectivity index (χ3n) is 1.21. The van der Waals surface area contributed by atoms with Gasteiger partial charge in [-0.25, -0.2) is 4.21 Å². The molecule has 0 fully saturated rings. The molecule has 1 unspecified atom stereocenters. The first-order valence-electron chi connectivity index (χ1n) is 3.14.